The fourth-order valence-corrected chi connectivity index (χ4v) is 1.69. The summed E-state index contributed by atoms with van der Waals surface area (Å²) in [4.78, 5) is 20.1. The van der Waals surface area contributed by atoms with Crippen LogP contribution in [0.5, 0.6) is 0 Å². The Labute approximate surface area is 82.3 Å². The molecule has 0 aromatic carbocycles. The number of amides is 1. The molecule has 0 bridgehead atoms. The molecule has 0 aliphatic carbocycles. The number of carbonyl (C=O) groups is 1. The van der Waals surface area contributed by atoms with Crippen LogP contribution in [-0.4, -0.2) is 37.8 Å². The zero-order valence-corrected chi connectivity index (χ0v) is 8.12. The Morgan fingerprint density at radius 1 is 1.64 bits per heavy atom. The molecule has 0 aromatic rings. The molecule has 2 rings (SSSR count). The van der Waals surface area contributed by atoms with Gasteiger partial charge in [0.05, 0.1) is 5.92 Å². The minimum absolute atomic E-state index is 0.00509. The average Bonchev–Trinajstić information content (AvgIpc) is 2.18. The largest absolute Gasteiger partial charge is 0.377 e. The van der Waals surface area contributed by atoms with E-state index in [1.807, 2.05) is 0 Å². The molecule has 5 heteroatoms. The lowest BCUT2D eigenvalue weighted by Gasteiger charge is -2.24. The number of amidine groups is 2. The molecule has 0 radical (unpaired) electrons. The van der Waals surface area contributed by atoms with Crippen molar-refractivity contribution in [3.63, 3.8) is 0 Å². The molecule has 0 spiro atoms. The Morgan fingerprint density at radius 3 is 3.29 bits per heavy atom. The van der Waals surface area contributed by atoms with Gasteiger partial charge in [0.2, 0.25) is 5.91 Å². The highest BCUT2D eigenvalue weighted by Crippen LogP contribution is 2.18. The second kappa shape index (κ2) is 3.88. The van der Waals surface area contributed by atoms with E-state index in [1.54, 1.807) is 7.11 Å². The van der Waals surface area contributed by atoms with Crippen molar-refractivity contribution in [1.29, 1.82) is 0 Å². The molecule has 0 aromatic heterocycles. The third-order valence-electron chi connectivity index (χ3n) is 2.35. The standard InChI is InChI=1S/C9H13N3O2/c1-14-5-7-11-8-6(9(13)12-7)3-2-4-10-8/h6H,2-5H2,1H3,(H,10,11,12,13). The molecule has 14 heavy (non-hydrogen) atoms. The SMILES string of the molecule is COCC1=NC2=NCCCC2C(=O)N1. The van der Waals surface area contributed by atoms with Gasteiger partial charge in [0, 0.05) is 13.7 Å². The van der Waals surface area contributed by atoms with Crippen molar-refractivity contribution < 1.29 is 9.53 Å². The molecule has 2 aliphatic rings. The van der Waals surface area contributed by atoms with Gasteiger partial charge in [-0.15, -0.1) is 0 Å². The molecule has 1 N–H and O–H groups in total. The van der Waals surface area contributed by atoms with Crippen LogP contribution in [0.4, 0.5) is 0 Å². The lowest BCUT2D eigenvalue weighted by Crippen LogP contribution is -2.46. The Bertz CT molecular complexity index is 309. The monoisotopic (exact) mass is 195 g/mol. The molecular weight excluding hydrogens is 182 g/mol. The van der Waals surface area contributed by atoms with Crippen LogP contribution in [0.3, 0.4) is 0 Å². The molecule has 2 aliphatic heterocycles. The summed E-state index contributed by atoms with van der Waals surface area (Å²) in [7, 11) is 1.57. The first-order valence-electron chi connectivity index (χ1n) is 4.73. The van der Waals surface area contributed by atoms with Crippen LogP contribution in [0.1, 0.15) is 12.8 Å². The lowest BCUT2D eigenvalue weighted by molar-refractivity contribution is -0.122. The van der Waals surface area contributed by atoms with Crippen molar-refractivity contribution in [2.24, 2.45) is 15.9 Å². The quantitative estimate of drug-likeness (QED) is 0.672. The van der Waals surface area contributed by atoms with Crippen molar-refractivity contribution in [1.82, 2.24) is 5.32 Å². The molecule has 1 unspecified atom stereocenters. The maximum Gasteiger partial charge on any atom is 0.236 e. The first-order chi connectivity index (χ1) is 6.81. The topological polar surface area (TPSA) is 63.1 Å². The number of ether oxygens (including phenoxy) is 1. The molecular formula is C9H13N3O2. The molecule has 1 amide bonds. The van der Waals surface area contributed by atoms with Gasteiger partial charge in [-0.3, -0.25) is 9.79 Å². The number of aliphatic imine (C=N–C) groups is 2. The normalized spacial score (nSPS) is 26.1. The van der Waals surface area contributed by atoms with Gasteiger partial charge in [-0.25, -0.2) is 4.99 Å². The molecule has 5 nitrogen and oxygen atoms in total. The van der Waals surface area contributed by atoms with E-state index in [4.69, 9.17) is 4.74 Å². The van der Waals surface area contributed by atoms with Crippen LogP contribution in [0.15, 0.2) is 9.98 Å². The predicted molar refractivity (Wildman–Crippen MR) is 52.5 cm³/mol. The van der Waals surface area contributed by atoms with E-state index in [2.05, 4.69) is 15.3 Å². The summed E-state index contributed by atoms with van der Waals surface area (Å²) >= 11 is 0. The van der Waals surface area contributed by atoms with E-state index < -0.39 is 0 Å². The number of hydrogen-bond donors (Lipinski definition) is 1. The highest BCUT2D eigenvalue weighted by Gasteiger charge is 2.31. The second-order valence-corrected chi connectivity index (χ2v) is 3.42. The molecule has 0 saturated carbocycles. The number of methoxy groups -OCH3 is 1. The molecule has 1 atom stereocenters. The summed E-state index contributed by atoms with van der Waals surface area (Å²) in [5.41, 5.74) is 0. The van der Waals surface area contributed by atoms with E-state index >= 15 is 0 Å². The van der Waals surface area contributed by atoms with Crippen LogP contribution in [0, 0.1) is 5.92 Å². The summed E-state index contributed by atoms with van der Waals surface area (Å²) in [6.07, 6.45) is 1.82. The third kappa shape index (κ3) is 1.68. The van der Waals surface area contributed by atoms with E-state index in [0.717, 1.165) is 19.4 Å². The zero-order chi connectivity index (χ0) is 9.97. The number of rotatable bonds is 2. The summed E-state index contributed by atoms with van der Waals surface area (Å²) < 4.78 is 4.91. The van der Waals surface area contributed by atoms with Gasteiger partial charge in [0.1, 0.15) is 18.3 Å². The highest BCUT2D eigenvalue weighted by atomic mass is 16.5. The van der Waals surface area contributed by atoms with Crippen LogP contribution in [0.25, 0.3) is 0 Å². The Morgan fingerprint density at radius 2 is 2.50 bits per heavy atom. The van der Waals surface area contributed by atoms with Gasteiger partial charge in [-0.05, 0) is 12.8 Å². The Balaban J connectivity index is 2.22. The molecule has 76 valence electrons. The first kappa shape index (κ1) is 9.33. The average molecular weight is 195 g/mol. The van der Waals surface area contributed by atoms with E-state index in [1.165, 1.54) is 0 Å². The third-order valence-corrected chi connectivity index (χ3v) is 2.35. The van der Waals surface area contributed by atoms with Crippen molar-refractivity contribution >= 4 is 17.6 Å². The summed E-state index contributed by atoms with van der Waals surface area (Å²) in [5.74, 6) is 1.11. The van der Waals surface area contributed by atoms with Crippen LogP contribution >= 0.6 is 0 Å². The molecule has 0 fully saturated rings. The van der Waals surface area contributed by atoms with Gasteiger partial charge in [-0.1, -0.05) is 0 Å². The Hall–Kier alpha value is -1.23. The van der Waals surface area contributed by atoms with Gasteiger partial charge in [0.15, 0.2) is 0 Å². The summed E-state index contributed by atoms with van der Waals surface area (Å²) in [6, 6.07) is 0. The maximum atomic E-state index is 11.6. The Kier molecular flexibility index (Phi) is 2.58. The predicted octanol–water partition coefficient (Wildman–Crippen LogP) is -0.0304. The number of nitrogens with one attached hydrogen (secondary N) is 1. The van der Waals surface area contributed by atoms with Gasteiger partial charge in [0.25, 0.3) is 0 Å². The van der Waals surface area contributed by atoms with Gasteiger partial charge >= 0.3 is 0 Å². The van der Waals surface area contributed by atoms with Gasteiger partial charge in [-0.2, -0.15) is 0 Å². The van der Waals surface area contributed by atoms with Gasteiger partial charge < -0.3 is 10.1 Å². The highest BCUT2D eigenvalue weighted by molar-refractivity contribution is 6.18. The van der Waals surface area contributed by atoms with E-state index in [0.29, 0.717) is 18.3 Å². The van der Waals surface area contributed by atoms with Crippen molar-refractivity contribution in [2.45, 2.75) is 12.8 Å². The molecule has 2 heterocycles. The first-order valence-corrected chi connectivity index (χ1v) is 4.73. The van der Waals surface area contributed by atoms with E-state index in [-0.39, 0.29) is 11.8 Å². The smallest absolute Gasteiger partial charge is 0.236 e. The van der Waals surface area contributed by atoms with Crippen LogP contribution in [0.2, 0.25) is 0 Å². The zero-order valence-electron chi connectivity index (χ0n) is 8.12. The number of fused-ring (bicyclic) bond motifs is 1. The number of carbonyl (C=O) groups excluding carboxylic acids is 1. The van der Waals surface area contributed by atoms with Crippen LogP contribution < -0.4 is 5.32 Å². The minimum atomic E-state index is -0.135. The summed E-state index contributed by atoms with van der Waals surface area (Å²) in [5, 5.41) is 2.72. The maximum absolute atomic E-state index is 11.6. The lowest BCUT2D eigenvalue weighted by atomic mass is 9.97. The van der Waals surface area contributed by atoms with Crippen molar-refractivity contribution in [3.8, 4) is 0 Å². The van der Waals surface area contributed by atoms with E-state index in [9.17, 15) is 4.79 Å². The fraction of sp³-hybridized carbons (Fsp3) is 0.667. The summed E-state index contributed by atoms with van der Waals surface area (Å²) in [6.45, 7) is 1.11. The molecule has 0 saturated heterocycles. The second-order valence-electron chi connectivity index (χ2n) is 3.42. The van der Waals surface area contributed by atoms with Crippen LogP contribution in [-0.2, 0) is 9.53 Å². The fourth-order valence-electron chi connectivity index (χ4n) is 1.69. The van der Waals surface area contributed by atoms with Crippen molar-refractivity contribution in [3.05, 3.63) is 0 Å². The minimum Gasteiger partial charge on any atom is -0.377 e. The van der Waals surface area contributed by atoms with Crippen molar-refractivity contribution in [2.75, 3.05) is 20.3 Å². The number of nitrogens with zero attached hydrogens (tertiary/aromatic N) is 2. The number of hydrogen-bond acceptors (Lipinski definition) is 4.